The zero-order valence-electron chi connectivity index (χ0n) is 13.5. The molecule has 0 spiro atoms. The van der Waals surface area contributed by atoms with Crippen LogP contribution < -0.4 is 9.47 Å². The van der Waals surface area contributed by atoms with E-state index in [1.165, 1.54) is 0 Å². The van der Waals surface area contributed by atoms with Crippen LogP contribution in [0.5, 0.6) is 17.5 Å². The molecule has 7 heteroatoms. The molecular weight excluding hydrogens is 338 g/mol. The van der Waals surface area contributed by atoms with Crippen molar-refractivity contribution in [1.29, 1.82) is 0 Å². The lowest BCUT2D eigenvalue weighted by Crippen LogP contribution is -1.99. The first-order chi connectivity index (χ1) is 12.4. The quantitative estimate of drug-likeness (QED) is 0.661. The average molecular weight is 355 g/mol. The van der Waals surface area contributed by atoms with E-state index < -0.39 is 0 Å². The van der Waals surface area contributed by atoms with E-state index in [0.29, 0.717) is 24.1 Å². The van der Waals surface area contributed by atoms with Crippen LogP contribution in [0, 0.1) is 0 Å². The predicted molar refractivity (Wildman–Crippen MR) is 92.9 cm³/mol. The van der Waals surface area contributed by atoms with Crippen molar-refractivity contribution < 1.29 is 14.2 Å². The molecule has 1 aromatic carbocycles. The van der Waals surface area contributed by atoms with Crippen molar-refractivity contribution in [3.05, 3.63) is 58.8 Å². The van der Waals surface area contributed by atoms with Crippen LogP contribution in [0.2, 0.25) is 0 Å². The molecule has 3 aromatic rings. The fourth-order valence-corrected chi connectivity index (χ4v) is 3.42. The Morgan fingerprint density at radius 3 is 2.88 bits per heavy atom. The summed E-state index contributed by atoms with van der Waals surface area (Å²) in [5, 5.41) is 3.06. The number of aromatic nitrogens is 3. The average Bonchev–Trinajstić information content (AvgIpc) is 3.33. The summed E-state index contributed by atoms with van der Waals surface area (Å²) in [6, 6.07) is 9.44. The molecule has 25 heavy (non-hydrogen) atoms. The Bertz CT molecular complexity index is 819. The van der Waals surface area contributed by atoms with E-state index in [1.807, 2.05) is 29.6 Å². The highest BCUT2D eigenvalue weighted by molar-refractivity contribution is 7.09. The van der Waals surface area contributed by atoms with Crippen LogP contribution in [0.4, 0.5) is 0 Å². The minimum Gasteiger partial charge on any atom is -0.487 e. The number of nitrogens with zero attached hydrogens (tertiary/aromatic N) is 3. The van der Waals surface area contributed by atoms with Gasteiger partial charge in [0, 0.05) is 30.4 Å². The highest BCUT2D eigenvalue weighted by atomic mass is 32.1. The molecule has 1 atom stereocenters. The Kier molecular flexibility index (Phi) is 4.85. The molecule has 0 bridgehead atoms. The van der Waals surface area contributed by atoms with E-state index in [1.54, 1.807) is 29.8 Å². The maximum absolute atomic E-state index is 5.83. The summed E-state index contributed by atoms with van der Waals surface area (Å²) >= 11 is 1.63. The van der Waals surface area contributed by atoms with Crippen molar-refractivity contribution in [3.63, 3.8) is 0 Å². The number of thiazole rings is 1. The summed E-state index contributed by atoms with van der Waals surface area (Å²) in [6.07, 6.45) is 5.58. The summed E-state index contributed by atoms with van der Waals surface area (Å²) in [4.78, 5) is 12.7. The molecule has 6 nitrogen and oxygen atoms in total. The second-order valence-corrected chi connectivity index (χ2v) is 6.47. The highest BCUT2D eigenvalue weighted by Gasteiger charge is 2.20. The first kappa shape index (κ1) is 16.0. The van der Waals surface area contributed by atoms with Gasteiger partial charge in [0.2, 0.25) is 0 Å². The van der Waals surface area contributed by atoms with Crippen LogP contribution in [0.15, 0.2) is 48.1 Å². The minimum atomic E-state index is 0.154. The molecule has 3 heterocycles. The SMILES string of the molecule is c1cnc(Oc2cccc(OCc3csc(C4CCCO4)n3)c2)nc1. The summed E-state index contributed by atoms with van der Waals surface area (Å²) in [7, 11) is 0. The molecule has 0 N–H and O–H groups in total. The van der Waals surface area contributed by atoms with Gasteiger partial charge >= 0.3 is 6.01 Å². The Morgan fingerprint density at radius 1 is 1.16 bits per heavy atom. The number of hydrogen-bond donors (Lipinski definition) is 0. The lowest BCUT2D eigenvalue weighted by molar-refractivity contribution is 0.111. The van der Waals surface area contributed by atoms with Crippen LogP contribution in [0.3, 0.4) is 0 Å². The van der Waals surface area contributed by atoms with E-state index in [9.17, 15) is 0 Å². The number of rotatable bonds is 6. The standard InChI is InChI=1S/C18H17N3O3S/c1-4-14(10-15(5-1)24-18-19-7-3-8-20-18)23-11-13-12-25-17(21-13)16-6-2-9-22-16/h1,3-5,7-8,10,12,16H,2,6,9,11H2. The third-order valence-electron chi connectivity index (χ3n) is 3.72. The van der Waals surface area contributed by atoms with Crippen molar-refractivity contribution in [2.75, 3.05) is 6.61 Å². The van der Waals surface area contributed by atoms with E-state index >= 15 is 0 Å². The fraction of sp³-hybridized carbons (Fsp3) is 0.278. The second-order valence-electron chi connectivity index (χ2n) is 5.58. The van der Waals surface area contributed by atoms with Gasteiger partial charge in [-0.15, -0.1) is 11.3 Å². The molecule has 0 saturated carbocycles. The molecule has 128 valence electrons. The number of benzene rings is 1. The fourth-order valence-electron chi connectivity index (χ4n) is 2.54. The normalized spacial score (nSPS) is 16.7. The molecule has 1 fully saturated rings. The molecule has 1 aliphatic heterocycles. The second kappa shape index (κ2) is 7.58. The van der Waals surface area contributed by atoms with Gasteiger partial charge in [0.1, 0.15) is 29.2 Å². The van der Waals surface area contributed by atoms with E-state index in [-0.39, 0.29) is 6.10 Å². The monoisotopic (exact) mass is 355 g/mol. The van der Waals surface area contributed by atoms with Crippen LogP contribution in [-0.4, -0.2) is 21.6 Å². The molecule has 1 aliphatic rings. The molecule has 0 aliphatic carbocycles. The summed E-state index contributed by atoms with van der Waals surface area (Å²) in [5.41, 5.74) is 0.910. The van der Waals surface area contributed by atoms with Crippen molar-refractivity contribution in [2.24, 2.45) is 0 Å². The predicted octanol–water partition coefficient (Wildman–Crippen LogP) is 4.16. The minimum absolute atomic E-state index is 0.154. The van der Waals surface area contributed by atoms with Crippen molar-refractivity contribution in [2.45, 2.75) is 25.6 Å². The van der Waals surface area contributed by atoms with Crippen molar-refractivity contribution in [1.82, 2.24) is 15.0 Å². The van der Waals surface area contributed by atoms with E-state index in [0.717, 1.165) is 30.2 Å². The molecule has 0 radical (unpaired) electrons. The molecule has 0 amide bonds. The summed E-state index contributed by atoms with van der Waals surface area (Å²) in [6.45, 7) is 1.24. The van der Waals surface area contributed by atoms with Crippen molar-refractivity contribution >= 4 is 11.3 Å². The van der Waals surface area contributed by atoms with Gasteiger partial charge in [0.25, 0.3) is 0 Å². The maximum atomic E-state index is 5.83. The van der Waals surface area contributed by atoms with Gasteiger partial charge in [-0.1, -0.05) is 6.07 Å². The van der Waals surface area contributed by atoms with E-state index in [2.05, 4.69) is 15.0 Å². The Labute approximate surface area is 149 Å². The molecule has 1 saturated heterocycles. The van der Waals surface area contributed by atoms with E-state index in [4.69, 9.17) is 14.2 Å². The van der Waals surface area contributed by atoms with Gasteiger partial charge < -0.3 is 14.2 Å². The van der Waals surface area contributed by atoms with Crippen LogP contribution in [-0.2, 0) is 11.3 Å². The smallest absolute Gasteiger partial charge is 0.321 e. The van der Waals surface area contributed by atoms with Crippen molar-refractivity contribution in [3.8, 4) is 17.5 Å². The van der Waals surface area contributed by atoms with Gasteiger partial charge in [-0.3, -0.25) is 0 Å². The Hall–Kier alpha value is -2.51. The van der Waals surface area contributed by atoms with Crippen LogP contribution in [0.25, 0.3) is 0 Å². The first-order valence-electron chi connectivity index (χ1n) is 8.10. The molecule has 1 unspecified atom stereocenters. The van der Waals surface area contributed by atoms with Gasteiger partial charge in [-0.25, -0.2) is 15.0 Å². The van der Waals surface area contributed by atoms with Crippen LogP contribution in [0.1, 0.15) is 29.6 Å². The van der Waals surface area contributed by atoms with Gasteiger partial charge in [-0.2, -0.15) is 0 Å². The number of ether oxygens (including phenoxy) is 3. The summed E-state index contributed by atoms with van der Waals surface area (Å²) in [5.74, 6) is 1.34. The number of hydrogen-bond acceptors (Lipinski definition) is 7. The molecule has 2 aromatic heterocycles. The third-order valence-corrected chi connectivity index (χ3v) is 4.70. The summed E-state index contributed by atoms with van der Waals surface area (Å²) < 4.78 is 17.1. The van der Waals surface area contributed by atoms with Crippen LogP contribution >= 0.6 is 11.3 Å². The molecule has 4 rings (SSSR count). The lowest BCUT2D eigenvalue weighted by atomic mass is 10.2. The third kappa shape index (κ3) is 4.12. The Balaban J connectivity index is 1.37. The zero-order chi connectivity index (χ0) is 16.9. The first-order valence-corrected chi connectivity index (χ1v) is 8.98. The van der Waals surface area contributed by atoms with Gasteiger partial charge in [-0.05, 0) is 31.0 Å². The van der Waals surface area contributed by atoms with Gasteiger partial charge in [0.05, 0.1) is 5.69 Å². The maximum Gasteiger partial charge on any atom is 0.321 e. The lowest BCUT2D eigenvalue weighted by Gasteiger charge is -2.07. The highest BCUT2D eigenvalue weighted by Crippen LogP contribution is 2.31. The Morgan fingerprint density at radius 2 is 2.04 bits per heavy atom. The molecular formula is C18H17N3O3S. The topological polar surface area (TPSA) is 66.4 Å². The largest absolute Gasteiger partial charge is 0.487 e. The zero-order valence-corrected chi connectivity index (χ0v) is 14.3. The van der Waals surface area contributed by atoms with Gasteiger partial charge in [0.15, 0.2) is 0 Å².